The molecule has 0 bridgehead atoms. The Morgan fingerprint density at radius 3 is 2.64 bits per heavy atom. The van der Waals surface area contributed by atoms with Crippen LogP contribution in [0.5, 0.6) is 5.88 Å². The van der Waals surface area contributed by atoms with Crippen molar-refractivity contribution in [1.82, 2.24) is 15.2 Å². The molecule has 3 aromatic rings. The standard InChI is InChI=1S/C22H24N4OS/c1-3-5-14-28-22-24-21-19(25-26-22)17-8-6-7-9-18(17)23-20(27-21)16-12-10-15(4-2)11-13-16/h6-13,20,23H,3-5,14H2,1-2H3. The number of aromatic nitrogens is 3. The minimum absolute atomic E-state index is 0.335. The van der Waals surface area contributed by atoms with Crippen LogP contribution < -0.4 is 10.1 Å². The fraction of sp³-hybridized carbons (Fsp3) is 0.318. The van der Waals surface area contributed by atoms with Gasteiger partial charge in [-0.2, -0.15) is 4.98 Å². The van der Waals surface area contributed by atoms with Crippen molar-refractivity contribution >= 4 is 17.4 Å². The number of nitrogens with one attached hydrogen (secondary N) is 1. The number of hydrogen-bond donors (Lipinski definition) is 1. The van der Waals surface area contributed by atoms with Crippen LogP contribution in [-0.4, -0.2) is 20.9 Å². The molecule has 2 aromatic carbocycles. The van der Waals surface area contributed by atoms with Gasteiger partial charge in [0.05, 0.1) is 0 Å². The number of anilines is 1. The molecule has 1 atom stereocenters. The number of unbranched alkanes of at least 4 members (excludes halogenated alkanes) is 1. The highest BCUT2D eigenvalue weighted by Crippen LogP contribution is 2.39. The summed E-state index contributed by atoms with van der Waals surface area (Å²) >= 11 is 1.62. The zero-order valence-corrected chi connectivity index (χ0v) is 17.0. The minimum Gasteiger partial charge on any atom is -0.448 e. The van der Waals surface area contributed by atoms with E-state index < -0.39 is 0 Å². The summed E-state index contributed by atoms with van der Waals surface area (Å²) in [7, 11) is 0. The number of nitrogens with zero attached hydrogens (tertiary/aromatic N) is 3. The number of para-hydroxylation sites is 1. The van der Waals surface area contributed by atoms with E-state index in [2.05, 4.69) is 58.6 Å². The molecule has 0 aliphatic carbocycles. The molecule has 28 heavy (non-hydrogen) atoms. The summed E-state index contributed by atoms with van der Waals surface area (Å²) in [6.07, 6.45) is 2.96. The molecule has 0 radical (unpaired) electrons. The third kappa shape index (κ3) is 3.97. The maximum absolute atomic E-state index is 6.31. The molecule has 1 aliphatic heterocycles. The fourth-order valence-corrected chi connectivity index (χ4v) is 3.96. The first-order valence-electron chi connectivity index (χ1n) is 9.77. The number of ether oxygens (including phenoxy) is 1. The van der Waals surface area contributed by atoms with Crippen LogP contribution in [-0.2, 0) is 6.42 Å². The minimum atomic E-state index is -0.335. The number of rotatable bonds is 6. The summed E-state index contributed by atoms with van der Waals surface area (Å²) in [6, 6.07) is 16.5. The molecule has 0 saturated heterocycles. The van der Waals surface area contributed by atoms with Gasteiger partial charge in [0.1, 0.15) is 0 Å². The molecule has 0 amide bonds. The largest absolute Gasteiger partial charge is 0.448 e. The van der Waals surface area contributed by atoms with Crippen molar-refractivity contribution in [3.63, 3.8) is 0 Å². The van der Waals surface area contributed by atoms with E-state index in [0.717, 1.165) is 41.8 Å². The van der Waals surface area contributed by atoms with Crippen LogP contribution in [0.3, 0.4) is 0 Å². The Kier molecular flexibility index (Phi) is 5.76. The Hall–Kier alpha value is -2.60. The molecule has 1 aliphatic rings. The van der Waals surface area contributed by atoms with E-state index >= 15 is 0 Å². The van der Waals surface area contributed by atoms with Crippen molar-refractivity contribution in [2.75, 3.05) is 11.1 Å². The molecular weight excluding hydrogens is 368 g/mol. The van der Waals surface area contributed by atoms with Crippen LogP contribution in [0.2, 0.25) is 0 Å². The number of thioether (sulfide) groups is 1. The maximum Gasteiger partial charge on any atom is 0.247 e. The summed E-state index contributed by atoms with van der Waals surface area (Å²) in [5.41, 5.74) is 4.95. The molecular formula is C22H24N4OS. The number of fused-ring (bicyclic) bond motifs is 3. The van der Waals surface area contributed by atoms with Crippen molar-refractivity contribution in [3.8, 4) is 17.1 Å². The molecule has 6 heteroatoms. The van der Waals surface area contributed by atoms with E-state index in [1.807, 2.05) is 24.3 Å². The topological polar surface area (TPSA) is 59.9 Å². The lowest BCUT2D eigenvalue weighted by Crippen LogP contribution is -2.17. The first kappa shape index (κ1) is 18.7. The van der Waals surface area contributed by atoms with Crippen molar-refractivity contribution < 1.29 is 4.74 Å². The molecule has 0 spiro atoms. The van der Waals surface area contributed by atoms with Gasteiger partial charge in [-0.25, -0.2) is 0 Å². The molecule has 1 unspecified atom stereocenters. The van der Waals surface area contributed by atoms with Gasteiger partial charge < -0.3 is 10.1 Å². The van der Waals surface area contributed by atoms with Gasteiger partial charge in [-0.1, -0.05) is 74.5 Å². The van der Waals surface area contributed by atoms with Crippen LogP contribution in [0.1, 0.15) is 44.0 Å². The molecule has 0 fully saturated rings. The van der Waals surface area contributed by atoms with Gasteiger partial charge in [0.15, 0.2) is 11.9 Å². The average Bonchev–Trinajstić information content (AvgIpc) is 2.90. The van der Waals surface area contributed by atoms with Gasteiger partial charge >= 0.3 is 0 Å². The van der Waals surface area contributed by atoms with Gasteiger partial charge in [-0.15, -0.1) is 10.2 Å². The fourth-order valence-electron chi connectivity index (χ4n) is 3.10. The summed E-state index contributed by atoms with van der Waals surface area (Å²) in [4.78, 5) is 4.68. The molecule has 2 heterocycles. The monoisotopic (exact) mass is 392 g/mol. The second-order valence-electron chi connectivity index (χ2n) is 6.73. The first-order chi connectivity index (χ1) is 13.8. The number of aryl methyl sites for hydroxylation is 1. The Bertz CT molecular complexity index is 946. The van der Waals surface area contributed by atoms with Crippen molar-refractivity contribution in [1.29, 1.82) is 0 Å². The zero-order chi connectivity index (χ0) is 19.3. The predicted molar refractivity (Wildman–Crippen MR) is 114 cm³/mol. The predicted octanol–water partition coefficient (Wildman–Crippen LogP) is 5.50. The Balaban J connectivity index is 1.71. The lowest BCUT2D eigenvalue weighted by molar-refractivity contribution is 0.225. The molecule has 1 N–H and O–H groups in total. The smallest absolute Gasteiger partial charge is 0.247 e. The summed E-state index contributed by atoms with van der Waals surface area (Å²) in [5, 5.41) is 12.9. The van der Waals surface area contributed by atoms with Crippen LogP contribution >= 0.6 is 11.8 Å². The van der Waals surface area contributed by atoms with Crippen molar-refractivity contribution in [2.24, 2.45) is 0 Å². The van der Waals surface area contributed by atoms with E-state index in [9.17, 15) is 0 Å². The summed E-state index contributed by atoms with van der Waals surface area (Å²) in [6.45, 7) is 4.33. The third-order valence-electron chi connectivity index (χ3n) is 4.75. The third-order valence-corrected chi connectivity index (χ3v) is 5.68. The second kappa shape index (κ2) is 8.61. The molecule has 4 rings (SSSR count). The van der Waals surface area contributed by atoms with Crippen LogP contribution in [0.4, 0.5) is 5.69 Å². The molecule has 144 valence electrons. The van der Waals surface area contributed by atoms with E-state index in [4.69, 9.17) is 4.74 Å². The molecule has 0 saturated carbocycles. The molecule has 5 nitrogen and oxygen atoms in total. The van der Waals surface area contributed by atoms with Crippen molar-refractivity contribution in [3.05, 3.63) is 59.7 Å². The quantitative estimate of drug-likeness (QED) is 0.442. The first-order valence-corrected chi connectivity index (χ1v) is 10.8. The van der Waals surface area contributed by atoms with Crippen molar-refractivity contribution in [2.45, 2.75) is 44.5 Å². The second-order valence-corrected chi connectivity index (χ2v) is 7.80. The van der Waals surface area contributed by atoms with Gasteiger partial charge in [0, 0.05) is 22.6 Å². The van der Waals surface area contributed by atoms with Crippen LogP contribution in [0.15, 0.2) is 53.7 Å². The van der Waals surface area contributed by atoms with Gasteiger partial charge in [0.2, 0.25) is 11.0 Å². The lowest BCUT2D eigenvalue weighted by atomic mass is 10.1. The normalized spacial score (nSPS) is 15.0. The van der Waals surface area contributed by atoms with E-state index in [0.29, 0.717) is 16.7 Å². The number of benzene rings is 2. The maximum atomic E-state index is 6.31. The zero-order valence-electron chi connectivity index (χ0n) is 16.2. The number of hydrogen-bond acceptors (Lipinski definition) is 6. The highest BCUT2D eigenvalue weighted by atomic mass is 32.2. The Morgan fingerprint density at radius 2 is 1.86 bits per heavy atom. The van der Waals surface area contributed by atoms with Gasteiger partial charge in [-0.3, -0.25) is 0 Å². The summed E-state index contributed by atoms with van der Waals surface area (Å²) < 4.78 is 6.31. The SMILES string of the molecule is CCCCSc1nnc2c(n1)OC(c1ccc(CC)cc1)Nc1ccccc1-2. The Morgan fingerprint density at radius 1 is 1.04 bits per heavy atom. The average molecular weight is 393 g/mol. The molecule has 1 aromatic heterocycles. The van der Waals surface area contributed by atoms with Crippen LogP contribution in [0.25, 0.3) is 11.3 Å². The van der Waals surface area contributed by atoms with Crippen LogP contribution in [0, 0.1) is 0 Å². The lowest BCUT2D eigenvalue weighted by Gasteiger charge is -2.19. The highest BCUT2D eigenvalue weighted by molar-refractivity contribution is 7.99. The summed E-state index contributed by atoms with van der Waals surface area (Å²) in [5.74, 6) is 1.50. The van der Waals surface area contributed by atoms with E-state index in [1.165, 1.54) is 5.56 Å². The van der Waals surface area contributed by atoms with E-state index in [1.54, 1.807) is 11.8 Å². The van der Waals surface area contributed by atoms with Gasteiger partial charge in [0.25, 0.3) is 0 Å². The van der Waals surface area contributed by atoms with E-state index in [-0.39, 0.29) is 6.23 Å². The highest BCUT2D eigenvalue weighted by Gasteiger charge is 2.25. The van der Waals surface area contributed by atoms with Gasteiger partial charge in [-0.05, 0) is 24.5 Å². The Labute approximate surface area is 170 Å².